The van der Waals surface area contributed by atoms with E-state index < -0.39 is 0 Å². The van der Waals surface area contributed by atoms with Crippen molar-refractivity contribution >= 4 is 11.8 Å². The van der Waals surface area contributed by atoms with Gasteiger partial charge in [-0.2, -0.15) is 0 Å². The zero-order valence-electron chi connectivity index (χ0n) is 13.3. The van der Waals surface area contributed by atoms with Crippen LogP contribution in [0.4, 0.5) is 0 Å². The zero-order valence-corrected chi connectivity index (χ0v) is 13.3. The molecule has 1 aliphatic carbocycles. The van der Waals surface area contributed by atoms with Gasteiger partial charge >= 0.3 is 0 Å². The van der Waals surface area contributed by atoms with Crippen LogP contribution in [0.15, 0.2) is 23.2 Å². The highest BCUT2D eigenvalue weighted by molar-refractivity contribution is 5.94. The average molecular weight is 312 g/mol. The van der Waals surface area contributed by atoms with Crippen LogP contribution >= 0.6 is 0 Å². The predicted octanol–water partition coefficient (Wildman–Crippen LogP) is 0.513. The Bertz CT molecular complexity index is 790. The van der Waals surface area contributed by atoms with Gasteiger partial charge < -0.3 is 15.4 Å². The summed E-state index contributed by atoms with van der Waals surface area (Å²) in [5.74, 6) is -0.446. The minimum Gasteiger partial charge on any atom is -0.858 e. The fourth-order valence-corrected chi connectivity index (χ4v) is 2.41. The van der Waals surface area contributed by atoms with Crippen molar-refractivity contribution in [1.82, 2.24) is 20.3 Å². The number of aromatic nitrogens is 3. The number of nitrogens with one attached hydrogen (secondary N) is 1. The fourth-order valence-electron chi connectivity index (χ4n) is 2.41. The van der Waals surface area contributed by atoms with E-state index in [1.165, 1.54) is 7.05 Å². The number of hydrogen-bond donors (Lipinski definition) is 1. The van der Waals surface area contributed by atoms with Gasteiger partial charge in [0.05, 0.1) is 11.4 Å². The lowest BCUT2D eigenvalue weighted by atomic mass is 10.1. The van der Waals surface area contributed by atoms with Crippen molar-refractivity contribution < 1.29 is 9.90 Å². The molecule has 0 unspecified atom stereocenters. The topological polar surface area (TPSA) is 95.2 Å². The first-order valence-corrected chi connectivity index (χ1v) is 7.49. The fraction of sp³-hybridized carbons (Fsp3) is 0.375. The molecule has 0 bridgehead atoms. The molecule has 1 saturated carbocycles. The molecule has 7 heteroatoms. The van der Waals surface area contributed by atoms with E-state index in [9.17, 15) is 9.90 Å². The maximum atomic E-state index is 12.1. The van der Waals surface area contributed by atoms with Crippen LogP contribution in [-0.2, 0) is 0 Å². The highest BCUT2D eigenvalue weighted by Gasteiger charge is 2.26. The maximum Gasteiger partial charge on any atom is 0.273 e. The molecule has 120 valence electrons. The monoisotopic (exact) mass is 312 g/mol. The van der Waals surface area contributed by atoms with E-state index in [4.69, 9.17) is 0 Å². The summed E-state index contributed by atoms with van der Waals surface area (Å²) in [4.78, 5) is 15.8. The van der Waals surface area contributed by atoms with Gasteiger partial charge in [0.2, 0.25) is 0 Å². The van der Waals surface area contributed by atoms with Crippen LogP contribution in [0.3, 0.4) is 0 Å². The number of carbonyl (C=O) groups is 1. The average Bonchev–Trinajstić information content (AvgIpc) is 3.26. The molecule has 0 spiro atoms. The SMILES string of the molecule is CN=C([O-])c1ccc(-n2nnc(C(=O)NC3CC3)c2C)cc1C. The molecule has 1 aromatic carbocycles. The molecule has 1 amide bonds. The number of aryl methyl sites for hydroxylation is 1. The summed E-state index contributed by atoms with van der Waals surface area (Å²) in [5.41, 5.74) is 3.11. The Labute approximate surface area is 134 Å². The Morgan fingerprint density at radius 2 is 2.13 bits per heavy atom. The lowest BCUT2D eigenvalue weighted by molar-refractivity contribution is -0.213. The van der Waals surface area contributed by atoms with Gasteiger partial charge in [-0.25, -0.2) is 4.68 Å². The van der Waals surface area contributed by atoms with Crippen LogP contribution < -0.4 is 10.4 Å². The van der Waals surface area contributed by atoms with E-state index in [0.717, 1.165) is 24.1 Å². The summed E-state index contributed by atoms with van der Waals surface area (Å²) in [5, 5.41) is 22.7. The predicted molar refractivity (Wildman–Crippen MR) is 83.8 cm³/mol. The first-order chi connectivity index (χ1) is 11.0. The molecular weight excluding hydrogens is 294 g/mol. The van der Waals surface area contributed by atoms with Crippen molar-refractivity contribution in [2.45, 2.75) is 32.7 Å². The summed E-state index contributed by atoms with van der Waals surface area (Å²) in [7, 11) is 1.47. The van der Waals surface area contributed by atoms with Crippen LogP contribution in [0, 0.1) is 13.8 Å². The molecule has 1 N–H and O–H groups in total. The Balaban J connectivity index is 1.91. The van der Waals surface area contributed by atoms with Crippen molar-refractivity contribution in [1.29, 1.82) is 0 Å². The lowest BCUT2D eigenvalue weighted by Gasteiger charge is -2.14. The van der Waals surface area contributed by atoms with Crippen molar-refractivity contribution in [3.63, 3.8) is 0 Å². The second kappa shape index (κ2) is 5.83. The van der Waals surface area contributed by atoms with Crippen molar-refractivity contribution in [2.75, 3.05) is 7.05 Å². The molecular formula is C16H18N5O2-. The third-order valence-electron chi connectivity index (χ3n) is 3.91. The number of amides is 1. The molecule has 0 saturated heterocycles. The van der Waals surface area contributed by atoms with E-state index in [1.807, 2.05) is 13.0 Å². The Morgan fingerprint density at radius 1 is 1.39 bits per heavy atom. The van der Waals surface area contributed by atoms with Crippen LogP contribution in [0.1, 0.15) is 40.2 Å². The number of hydrogen-bond acceptors (Lipinski definition) is 5. The molecule has 0 aliphatic heterocycles. The van der Waals surface area contributed by atoms with E-state index >= 15 is 0 Å². The second-order valence-electron chi connectivity index (χ2n) is 5.71. The molecule has 1 heterocycles. The first kappa shape index (κ1) is 15.2. The number of nitrogens with zero attached hydrogens (tertiary/aromatic N) is 4. The number of benzene rings is 1. The molecule has 1 aliphatic rings. The summed E-state index contributed by atoms with van der Waals surface area (Å²) in [6.45, 7) is 3.65. The van der Waals surface area contributed by atoms with Crippen LogP contribution in [0.2, 0.25) is 0 Å². The molecule has 0 radical (unpaired) electrons. The Morgan fingerprint density at radius 3 is 2.74 bits per heavy atom. The molecule has 3 rings (SSSR count). The smallest absolute Gasteiger partial charge is 0.273 e. The van der Waals surface area contributed by atoms with E-state index in [-0.39, 0.29) is 17.8 Å². The number of carbonyl (C=O) groups excluding carboxylic acids is 1. The van der Waals surface area contributed by atoms with E-state index in [0.29, 0.717) is 17.0 Å². The molecule has 7 nitrogen and oxygen atoms in total. The van der Waals surface area contributed by atoms with Crippen molar-refractivity contribution in [3.8, 4) is 5.69 Å². The molecule has 1 aromatic heterocycles. The van der Waals surface area contributed by atoms with Crippen molar-refractivity contribution in [2.24, 2.45) is 4.99 Å². The molecule has 2 aromatic rings. The highest BCUT2D eigenvalue weighted by atomic mass is 16.3. The van der Waals surface area contributed by atoms with Gasteiger partial charge in [0.25, 0.3) is 5.91 Å². The van der Waals surface area contributed by atoms with Crippen LogP contribution in [-0.4, -0.2) is 39.9 Å². The maximum absolute atomic E-state index is 12.1. The minimum absolute atomic E-state index is 0.190. The standard InChI is InChI=1S/C16H19N5O2/c1-9-8-12(6-7-13(9)15(22)17-3)21-10(2)14(19-20-21)16(23)18-11-4-5-11/h6-8,11H,4-5H2,1-3H3,(H,17,22)(H,18,23)/p-1. The van der Waals surface area contributed by atoms with Gasteiger partial charge in [0.15, 0.2) is 5.69 Å². The normalized spacial score (nSPS) is 14.8. The van der Waals surface area contributed by atoms with Gasteiger partial charge in [0.1, 0.15) is 0 Å². The quantitative estimate of drug-likeness (QED) is 0.657. The number of aliphatic imine (C=N–C) groups is 1. The largest absolute Gasteiger partial charge is 0.858 e. The lowest BCUT2D eigenvalue weighted by Crippen LogP contribution is -2.26. The Hall–Kier alpha value is -2.70. The van der Waals surface area contributed by atoms with E-state index in [1.54, 1.807) is 23.7 Å². The Kier molecular flexibility index (Phi) is 3.85. The van der Waals surface area contributed by atoms with Gasteiger partial charge in [0, 0.05) is 13.1 Å². The van der Waals surface area contributed by atoms with Gasteiger partial charge in [-0.1, -0.05) is 11.3 Å². The summed E-state index contributed by atoms with van der Waals surface area (Å²) < 4.78 is 1.60. The van der Waals surface area contributed by atoms with Crippen LogP contribution in [0.5, 0.6) is 0 Å². The number of rotatable bonds is 4. The first-order valence-electron chi connectivity index (χ1n) is 7.49. The summed E-state index contributed by atoms with van der Waals surface area (Å²) in [6, 6.07) is 5.60. The zero-order chi connectivity index (χ0) is 16.6. The molecule has 1 fully saturated rings. The van der Waals surface area contributed by atoms with E-state index in [2.05, 4.69) is 20.6 Å². The summed E-state index contributed by atoms with van der Waals surface area (Å²) >= 11 is 0. The minimum atomic E-state index is -0.256. The van der Waals surface area contributed by atoms with Crippen LogP contribution in [0.25, 0.3) is 5.69 Å². The third kappa shape index (κ3) is 2.94. The van der Waals surface area contributed by atoms with Crippen molar-refractivity contribution in [3.05, 3.63) is 40.7 Å². The van der Waals surface area contributed by atoms with Gasteiger partial charge in [-0.3, -0.25) is 4.79 Å². The molecule has 0 atom stereocenters. The molecule has 23 heavy (non-hydrogen) atoms. The summed E-state index contributed by atoms with van der Waals surface area (Å²) in [6.07, 6.45) is 2.05. The third-order valence-corrected chi connectivity index (χ3v) is 3.91. The highest BCUT2D eigenvalue weighted by Crippen LogP contribution is 2.20. The van der Waals surface area contributed by atoms with Gasteiger partial charge in [-0.05, 0) is 55.8 Å². The second-order valence-corrected chi connectivity index (χ2v) is 5.71. The van der Waals surface area contributed by atoms with Gasteiger partial charge in [-0.15, -0.1) is 5.10 Å².